The number of hydrogen-bond donors (Lipinski definition) is 2. The lowest BCUT2D eigenvalue weighted by Gasteiger charge is -2.34. The fourth-order valence-electron chi connectivity index (χ4n) is 8.41. The van der Waals surface area contributed by atoms with Gasteiger partial charge in [0, 0.05) is 69.7 Å². The topological polar surface area (TPSA) is 151 Å². The zero-order chi connectivity index (χ0) is 40.3. The average molecular weight is 794 g/mol. The highest BCUT2D eigenvalue weighted by Crippen LogP contribution is 2.36. The van der Waals surface area contributed by atoms with Crippen molar-refractivity contribution in [3.8, 4) is 22.6 Å². The number of ether oxygens (including phenoxy) is 2. The van der Waals surface area contributed by atoms with Crippen LogP contribution in [0, 0.1) is 11.6 Å². The van der Waals surface area contributed by atoms with E-state index in [2.05, 4.69) is 26.4 Å². The molecular weight excluding hydrogens is 749 g/mol. The van der Waals surface area contributed by atoms with Gasteiger partial charge >= 0.3 is 5.97 Å². The second-order valence-corrected chi connectivity index (χ2v) is 14.7. The molecule has 2 aromatic heterocycles. The lowest BCUT2D eigenvalue weighted by atomic mass is 9.92. The number of nitrogens with zero attached hydrogens (tertiary/aromatic N) is 8. The number of hydrogen-bond acceptors (Lipinski definition) is 11. The summed E-state index contributed by atoms with van der Waals surface area (Å²) in [7, 11) is 3.68. The van der Waals surface area contributed by atoms with Gasteiger partial charge in [-0.1, -0.05) is 24.3 Å². The molecule has 16 heteroatoms. The molecule has 14 nitrogen and oxygen atoms in total. The van der Waals surface area contributed by atoms with E-state index in [9.17, 15) is 18.7 Å². The third-order valence-electron chi connectivity index (χ3n) is 11.2. The highest BCUT2D eigenvalue weighted by molar-refractivity contribution is 6.10. The summed E-state index contributed by atoms with van der Waals surface area (Å²) in [5, 5.41) is 18.1. The summed E-state index contributed by atoms with van der Waals surface area (Å²) >= 11 is 0. The van der Waals surface area contributed by atoms with Gasteiger partial charge in [0.25, 0.3) is 0 Å². The van der Waals surface area contributed by atoms with Gasteiger partial charge in [0.05, 0.1) is 31.3 Å². The summed E-state index contributed by atoms with van der Waals surface area (Å²) in [5.41, 5.74) is 5.11. The number of halogens is 2. The van der Waals surface area contributed by atoms with Gasteiger partial charge in [-0.3, -0.25) is 19.5 Å². The van der Waals surface area contributed by atoms with Crippen LogP contribution in [-0.4, -0.2) is 130 Å². The molecule has 5 heterocycles. The number of amides is 1. The van der Waals surface area contributed by atoms with E-state index in [-0.39, 0.29) is 18.2 Å². The predicted octanol–water partition coefficient (Wildman–Crippen LogP) is 5.05. The van der Waals surface area contributed by atoms with E-state index in [0.717, 1.165) is 40.2 Å². The van der Waals surface area contributed by atoms with Gasteiger partial charge < -0.3 is 29.7 Å². The zero-order valence-corrected chi connectivity index (χ0v) is 32.4. The second kappa shape index (κ2) is 16.8. The van der Waals surface area contributed by atoms with Crippen molar-refractivity contribution in [1.82, 2.24) is 29.5 Å². The zero-order valence-electron chi connectivity index (χ0n) is 32.4. The van der Waals surface area contributed by atoms with Gasteiger partial charge in [0.1, 0.15) is 47.6 Å². The van der Waals surface area contributed by atoms with Crippen LogP contribution in [0.1, 0.15) is 31.2 Å². The SMILES string of the molecule is CN=C1CCCN(CCCN2CCOCC2C(=O)O)C(=O)[C@@H]2C[C@@H](CN2c2ncnc3c2cnn3-c2ccc(F)cc2F)Oc2cccc(c2)-c2cccc(NC)c21. The molecule has 2 N–H and O–H groups in total. The average Bonchev–Trinajstić information content (AvgIpc) is 3.86. The normalized spacial score (nSPS) is 21.1. The fraction of sp³-hybridized carbons (Fsp3) is 0.381. The summed E-state index contributed by atoms with van der Waals surface area (Å²) < 4.78 is 42.3. The number of anilines is 2. The molecule has 8 rings (SSSR count). The van der Waals surface area contributed by atoms with Crippen LogP contribution in [0.2, 0.25) is 0 Å². The van der Waals surface area contributed by atoms with Gasteiger partial charge in [-0.15, -0.1) is 0 Å². The van der Waals surface area contributed by atoms with Crippen molar-refractivity contribution in [2.45, 2.75) is 43.9 Å². The molecule has 1 unspecified atom stereocenters. The molecule has 5 aromatic rings. The van der Waals surface area contributed by atoms with Crippen LogP contribution < -0.4 is 15.0 Å². The van der Waals surface area contributed by atoms with Crippen LogP contribution in [-0.2, 0) is 14.3 Å². The standard InChI is InChI=1S/C42H45F2N9O5/c1-45-33-10-4-9-30-26-7-3-8-28(19-26)58-29-21-36(52(23-29)39-31-22-49-53(40(31)48-25-47-39)35-13-12-27(43)20-32(35)44)41(54)51(14-5-11-34(46-2)38(30)33)16-6-15-50-17-18-57-24-37(50)42(55)56/h3-4,7-10,12-13,19-20,22,25,29,36-37,45H,5-6,11,14-18,21,23-24H2,1-2H3,(H,55,56)/t29-,36-,37?/m0/s1. The number of aromatic nitrogens is 4. The Morgan fingerprint density at radius 3 is 2.74 bits per heavy atom. The van der Waals surface area contributed by atoms with Crippen LogP contribution in [0.4, 0.5) is 20.3 Å². The number of morpholine rings is 1. The maximum atomic E-state index is 15.1. The molecule has 3 aliphatic rings. The molecule has 302 valence electrons. The Bertz CT molecular complexity index is 2360. The van der Waals surface area contributed by atoms with Crippen LogP contribution in [0.25, 0.3) is 27.8 Å². The van der Waals surface area contributed by atoms with Crippen molar-refractivity contribution in [3.05, 3.63) is 90.4 Å². The number of aliphatic carboxylic acids is 1. The molecule has 0 spiro atoms. The van der Waals surface area contributed by atoms with E-state index >= 15 is 4.79 Å². The van der Waals surface area contributed by atoms with Gasteiger partial charge in [0.15, 0.2) is 11.5 Å². The number of carboxylic acids is 1. The van der Waals surface area contributed by atoms with Crippen molar-refractivity contribution < 1.29 is 33.0 Å². The lowest BCUT2D eigenvalue weighted by Crippen LogP contribution is -2.51. The summed E-state index contributed by atoms with van der Waals surface area (Å²) in [6.45, 7) is 2.64. The van der Waals surface area contributed by atoms with Crippen LogP contribution >= 0.6 is 0 Å². The number of fused-ring (bicyclic) bond motifs is 7. The largest absolute Gasteiger partial charge is 0.488 e. The Hall–Kier alpha value is -6.00. The van der Waals surface area contributed by atoms with Gasteiger partial charge in [-0.2, -0.15) is 5.10 Å². The number of carboxylic acid groups (broad SMARTS) is 1. The second-order valence-electron chi connectivity index (χ2n) is 14.7. The first-order chi connectivity index (χ1) is 28.2. The number of carbonyl (C=O) groups is 2. The van der Waals surface area contributed by atoms with Crippen LogP contribution in [0.3, 0.4) is 0 Å². The lowest BCUT2D eigenvalue weighted by molar-refractivity contribution is -0.149. The smallest absolute Gasteiger partial charge is 0.323 e. The molecule has 0 aliphatic carbocycles. The van der Waals surface area contributed by atoms with Crippen LogP contribution in [0.5, 0.6) is 5.75 Å². The highest BCUT2D eigenvalue weighted by atomic mass is 19.1. The third-order valence-corrected chi connectivity index (χ3v) is 11.2. The molecule has 3 aromatic carbocycles. The maximum absolute atomic E-state index is 15.1. The first-order valence-corrected chi connectivity index (χ1v) is 19.5. The molecule has 0 saturated carbocycles. The quantitative estimate of drug-likeness (QED) is 0.218. The summed E-state index contributed by atoms with van der Waals surface area (Å²) in [6.07, 6.45) is 4.55. The maximum Gasteiger partial charge on any atom is 0.323 e. The summed E-state index contributed by atoms with van der Waals surface area (Å²) in [6, 6.07) is 15.8. The van der Waals surface area contributed by atoms with Gasteiger partial charge in [-0.25, -0.2) is 23.4 Å². The summed E-state index contributed by atoms with van der Waals surface area (Å²) in [4.78, 5) is 46.6. The van der Waals surface area contributed by atoms with Gasteiger partial charge in [0.2, 0.25) is 5.91 Å². The van der Waals surface area contributed by atoms with E-state index in [1.54, 1.807) is 7.05 Å². The minimum atomic E-state index is -0.933. The van der Waals surface area contributed by atoms with Crippen LogP contribution in [0.15, 0.2) is 78.2 Å². The first kappa shape index (κ1) is 38.9. The number of carbonyl (C=O) groups excluding carboxylic acids is 1. The van der Waals surface area contributed by atoms with E-state index in [1.165, 1.54) is 23.3 Å². The number of benzene rings is 3. The molecular formula is C42H45F2N9O5. The van der Waals surface area contributed by atoms with Crippen molar-refractivity contribution in [2.75, 3.05) is 70.2 Å². The van der Waals surface area contributed by atoms with E-state index in [1.807, 2.05) is 58.1 Å². The molecule has 58 heavy (non-hydrogen) atoms. The fourth-order valence-corrected chi connectivity index (χ4v) is 8.41. The molecule has 3 atom stereocenters. The van der Waals surface area contributed by atoms with Crippen molar-refractivity contribution >= 4 is 40.1 Å². The third kappa shape index (κ3) is 7.68. The number of aliphatic imine (C=N–C) groups is 1. The van der Waals surface area contributed by atoms with E-state index in [0.29, 0.717) is 87.6 Å². The molecule has 2 saturated heterocycles. The molecule has 4 bridgehead atoms. The Morgan fingerprint density at radius 1 is 1.07 bits per heavy atom. The van der Waals surface area contributed by atoms with Gasteiger partial charge in [-0.05, 0) is 60.7 Å². The van der Waals surface area contributed by atoms with Crippen molar-refractivity contribution in [3.63, 3.8) is 0 Å². The van der Waals surface area contributed by atoms with Crippen molar-refractivity contribution in [1.29, 1.82) is 0 Å². The first-order valence-electron chi connectivity index (χ1n) is 19.5. The molecule has 1 amide bonds. The Kier molecular flexibility index (Phi) is 11.3. The Balaban J connectivity index is 1.17. The minimum Gasteiger partial charge on any atom is -0.488 e. The summed E-state index contributed by atoms with van der Waals surface area (Å²) in [5.74, 6) is -1.49. The van der Waals surface area contributed by atoms with Crippen molar-refractivity contribution in [2.24, 2.45) is 4.99 Å². The Morgan fingerprint density at radius 2 is 1.93 bits per heavy atom. The highest BCUT2D eigenvalue weighted by Gasteiger charge is 2.42. The van der Waals surface area contributed by atoms with E-state index < -0.39 is 35.8 Å². The molecule has 0 radical (unpaired) electrons. The Labute approximate surface area is 334 Å². The molecule has 3 aliphatic heterocycles. The number of rotatable bonds is 8. The molecule has 2 fully saturated rings. The van der Waals surface area contributed by atoms with E-state index in [4.69, 9.17) is 14.5 Å². The predicted molar refractivity (Wildman–Crippen MR) is 215 cm³/mol. The monoisotopic (exact) mass is 793 g/mol. The minimum absolute atomic E-state index is 0.0209. The number of nitrogens with one attached hydrogen (secondary N) is 1.